The first-order valence-corrected chi connectivity index (χ1v) is 6.44. The molecule has 0 bridgehead atoms. The van der Waals surface area contributed by atoms with E-state index in [0.717, 1.165) is 6.42 Å². The summed E-state index contributed by atoms with van der Waals surface area (Å²) in [5, 5.41) is 8.85. The average Bonchev–Trinajstić information content (AvgIpc) is 2.47. The standard InChI is InChI=1S/C15H16N2O3/c1-3-10(2)11-4-6-12(7-5-11)20-15-16-9-8-13(17-15)14(18)19/h4-10H,3H2,1-2H3,(H,18,19). The Kier molecular flexibility index (Phi) is 4.30. The average molecular weight is 272 g/mol. The van der Waals surface area contributed by atoms with Gasteiger partial charge < -0.3 is 9.84 Å². The summed E-state index contributed by atoms with van der Waals surface area (Å²) >= 11 is 0. The first-order valence-electron chi connectivity index (χ1n) is 6.44. The fourth-order valence-electron chi connectivity index (χ4n) is 1.71. The van der Waals surface area contributed by atoms with E-state index < -0.39 is 5.97 Å². The zero-order valence-corrected chi connectivity index (χ0v) is 11.4. The van der Waals surface area contributed by atoms with Crippen LogP contribution in [0.15, 0.2) is 36.5 Å². The summed E-state index contributed by atoms with van der Waals surface area (Å²) in [5.74, 6) is -0.0281. The molecule has 1 heterocycles. The molecule has 5 heteroatoms. The Morgan fingerprint density at radius 3 is 2.60 bits per heavy atom. The number of hydrogen-bond acceptors (Lipinski definition) is 4. The zero-order valence-electron chi connectivity index (χ0n) is 11.4. The molecule has 0 radical (unpaired) electrons. The van der Waals surface area contributed by atoms with Crippen LogP contribution >= 0.6 is 0 Å². The van der Waals surface area contributed by atoms with E-state index in [1.165, 1.54) is 17.8 Å². The smallest absolute Gasteiger partial charge is 0.354 e. The van der Waals surface area contributed by atoms with Crippen LogP contribution in [-0.4, -0.2) is 21.0 Å². The van der Waals surface area contributed by atoms with Crippen LogP contribution in [0.2, 0.25) is 0 Å². The van der Waals surface area contributed by atoms with Crippen molar-refractivity contribution in [3.63, 3.8) is 0 Å². The van der Waals surface area contributed by atoms with Crippen LogP contribution < -0.4 is 4.74 Å². The van der Waals surface area contributed by atoms with Crippen molar-refractivity contribution in [1.29, 1.82) is 0 Å². The first-order chi connectivity index (χ1) is 9.60. The third kappa shape index (κ3) is 3.32. The van der Waals surface area contributed by atoms with E-state index in [1.807, 2.05) is 24.3 Å². The summed E-state index contributed by atoms with van der Waals surface area (Å²) in [6.07, 6.45) is 2.43. The molecule has 0 aliphatic rings. The lowest BCUT2D eigenvalue weighted by Gasteiger charge is -2.09. The third-order valence-electron chi connectivity index (χ3n) is 3.12. The van der Waals surface area contributed by atoms with Crippen LogP contribution in [0, 0.1) is 0 Å². The van der Waals surface area contributed by atoms with Gasteiger partial charge in [0.1, 0.15) is 5.75 Å². The Bertz CT molecular complexity index is 596. The maximum absolute atomic E-state index is 10.8. The van der Waals surface area contributed by atoms with Gasteiger partial charge in [-0.25, -0.2) is 9.78 Å². The third-order valence-corrected chi connectivity index (χ3v) is 3.12. The van der Waals surface area contributed by atoms with E-state index >= 15 is 0 Å². The molecule has 1 aromatic heterocycles. The first kappa shape index (κ1) is 14.0. The molecule has 0 spiro atoms. The maximum atomic E-state index is 10.8. The number of hydrogen-bond donors (Lipinski definition) is 1. The topological polar surface area (TPSA) is 72.3 Å². The van der Waals surface area contributed by atoms with Crippen LogP contribution in [0.25, 0.3) is 0 Å². The SMILES string of the molecule is CCC(C)c1ccc(Oc2nccc(C(=O)O)n2)cc1. The minimum absolute atomic E-state index is 0.0289. The van der Waals surface area contributed by atoms with E-state index in [9.17, 15) is 4.79 Å². The number of rotatable bonds is 5. The molecule has 5 nitrogen and oxygen atoms in total. The Balaban J connectivity index is 2.14. The molecule has 0 saturated heterocycles. The van der Waals surface area contributed by atoms with E-state index in [4.69, 9.17) is 9.84 Å². The lowest BCUT2D eigenvalue weighted by molar-refractivity contribution is 0.0689. The van der Waals surface area contributed by atoms with Gasteiger partial charge in [0.2, 0.25) is 0 Å². The van der Waals surface area contributed by atoms with Crippen molar-refractivity contribution in [2.75, 3.05) is 0 Å². The predicted molar refractivity (Wildman–Crippen MR) is 74.2 cm³/mol. The highest BCUT2D eigenvalue weighted by atomic mass is 16.5. The monoisotopic (exact) mass is 272 g/mol. The molecule has 2 aromatic rings. The van der Waals surface area contributed by atoms with E-state index in [2.05, 4.69) is 23.8 Å². The van der Waals surface area contributed by atoms with Gasteiger partial charge in [0.15, 0.2) is 5.69 Å². The number of nitrogens with zero attached hydrogens (tertiary/aromatic N) is 2. The van der Waals surface area contributed by atoms with Crippen molar-refractivity contribution < 1.29 is 14.6 Å². The van der Waals surface area contributed by atoms with Gasteiger partial charge in [0, 0.05) is 6.20 Å². The van der Waals surface area contributed by atoms with Crippen LogP contribution in [-0.2, 0) is 0 Å². The number of ether oxygens (including phenoxy) is 1. The highest BCUT2D eigenvalue weighted by Gasteiger charge is 2.08. The number of aromatic nitrogens is 2. The molecule has 0 fully saturated rings. The second-order valence-corrected chi connectivity index (χ2v) is 4.51. The highest BCUT2D eigenvalue weighted by molar-refractivity contribution is 5.85. The quantitative estimate of drug-likeness (QED) is 0.902. The van der Waals surface area contributed by atoms with Gasteiger partial charge in [-0.3, -0.25) is 0 Å². The molecular weight excluding hydrogens is 256 g/mol. The minimum atomic E-state index is -1.11. The summed E-state index contributed by atoms with van der Waals surface area (Å²) in [6.45, 7) is 4.30. The Morgan fingerprint density at radius 2 is 2.00 bits per heavy atom. The molecule has 1 N–H and O–H groups in total. The summed E-state index contributed by atoms with van der Waals surface area (Å²) in [4.78, 5) is 18.5. The lowest BCUT2D eigenvalue weighted by atomic mass is 9.99. The molecule has 1 aromatic carbocycles. The number of aromatic carboxylic acids is 1. The van der Waals surface area contributed by atoms with Crippen molar-refractivity contribution in [3.8, 4) is 11.8 Å². The van der Waals surface area contributed by atoms with Gasteiger partial charge in [-0.05, 0) is 36.1 Å². The Labute approximate surface area is 117 Å². The van der Waals surface area contributed by atoms with E-state index in [-0.39, 0.29) is 11.7 Å². The molecule has 0 amide bonds. The van der Waals surface area contributed by atoms with Gasteiger partial charge in [-0.15, -0.1) is 0 Å². The summed E-state index contributed by atoms with van der Waals surface area (Å²) in [7, 11) is 0. The van der Waals surface area contributed by atoms with Crippen molar-refractivity contribution in [2.45, 2.75) is 26.2 Å². The number of benzene rings is 1. The second-order valence-electron chi connectivity index (χ2n) is 4.51. The normalized spacial score (nSPS) is 11.9. The molecule has 0 aliphatic heterocycles. The molecular formula is C15H16N2O3. The van der Waals surface area contributed by atoms with Crippen molar-refractivity contribution >= 4 is 5.97 Å². The summed E-state index contributed by atoms with van der Waals surface area (Å²) in [6, 6.07) is 8.99. The van der Waals surface area contributed by atoms with Crippen LogP contribution in [0.1, 0.15) is 42.2 Å². The van der Waals surface area contributed by atoms with Gasteiger partial charge in [0.05, 0.1) is 0 Å². The summed E-state index contributed by atoms with van der Waals surface area (Å²) < 4.78 is 5.45. The summed E-state index contributed by atoms with van der Waals surface area (Å²) in [5.41, 5.74) is 1.14. The maximum Gasteiger partial charge on any atom is 0.354 e. The molecule has 1 atom stereocenters. The number of carboxylic acids is 1. The Hall–Kier alpha value is -2.43. The van der Waals surface area contributed by atoms with E-state index in [1.54, 1.807) is 0 Å². The number of carboxylic acid groups (broad SMARTS) is 1. The van der Waals surface area contributed by atoms with Gasteiger partial charge in [0.25, 0.3) is 0 Å². The second kappa shape index (κ2) is 6.14. The van der Waals surface area contributed by atoms with Crippen LogP contribution in [0.5, 0.6) is 11.8 Å². The van der Waals surface area contributed by atoms with Crippen molar-refractivity contribution in [1.82, 2.24) is 9.97 Å². The van der Waals surface area contributed by atoms with E-state index in [0.29, 0.717) is 11.7 Å². The molecule has 0 saturated carbocycles. The highest BCUT2D eigenvalue weighted by Crippen LogP contribution is 2.23. The molecule has 1 unspecified atom stereocenters. The lowest BCUT2D eigenvalue weighted by Crippen LogP contribution is -2.02. The van der Waals surface area contributed by atoms with Crippen molar-refractivity contribution in [3.05, 3.63) is 47.8 Å². The van der Waals surface area contributed by atoms with Gasteiger partial charge >= 0.3 is 12.0 Å². The number of carbonyl (C=O) groups is 1. The van der Waals surface area contributed by atoms with Crippen molar-refractivity contribution in [2.24, 2.45) is 0 Å². The molecule has 20 heavy (non-hydrogen) atoms. The van der Waals surface area contributed by atoms with Crippen LogP contribution in [0.3, 0.4) is 0 Å². The molecule has 104 valence electrons. The predicted octanol–water partition coefficient (Wildman–Crippen LogP) is 3.48. The molecule has 2 rings (SSSR count). The van der Waals surface area contributed by atoms with Gasteiger partial charge in [-0.1, -0.05) is 26.0 Å². The fourth-order valence-corrected chi connectivity index (χ4v) is 1.71. The van der Waals surface area contributed by atoms with Gasteiger partial charge in [-0.2, -0.15) is 4.98 Å². The zero-order chi connectivity index (χ0) is 14.5. The Morgan fingerprint density at radius 1 is 1.30 bits per heavy atom. The largest absolute Gasteiger partial charge is 0.477 e. The molecule has 0 aliphatic carbocycles. The minimum Gasteiger partial charge on any atom is -0.477 e. The fraction of sp³-hybridized carbons (Fsp3) is 0.267. The van der Waals surface area contributed by atoms with Crippen LogP contribution in [0.4, 0.5) is 0 Å².